The van der Waals surface area contributed by atoms with Crippen LogP contribution in [0.15, 0.2) is 60.7 Å². The quantitative estimate of drug-likeness (QED) is 0.457. The molecule has 3 amide bonds. The Bertz CT molecular complexity index is 1030. The monoisotopic (exact) mass is 418 g/mol. The van der Waals surface area contributed by atoms with Gasteiger partial charge in [0.2, 0.25) is 11.8 Å². The molecule has 2 aromatic rings. The van der Waals surface area contributed by atoms with Crippen molar-refractivity contribution in [3.05, 3.63) is 71.8 Å². The third-order valence-corrected chi connectivity index (χ3v) is 5.54. The molecular weight excluding hydrogens is 396 g/mol. The zero-order valence-corrected chi connectivity index (χ0v) is 17.0. The number of nitrogens with zero attached hydrogens (tertiary/aromatic N) is 1. The standard InChI is InChI=1S/C24H22N2O5/c1-15-6-10-17(11-7-15)25-21(27)14-31-24(30)16-8-12-18(13-9-16)26-22(28)19-4-2-3-5-20(19)23(26)29/h2-3,6-13,19-20H,4-5,14H2,1H3,(H,25,27)/t19-,20+. The number of rotatable bonds is 5. The summed E-state index contributed by atoms with van der Waals surface area (Å²) < 4.78 is 5.06. The van der Waals surface area contributed by atoms with Gasteiger partial charge in [0, 0.05) is 5.69 Å². The van der Waals surface area contributed by atoms with Gasteiger partial charge in [-0.25, -0.2) is 4.79 Å². The van der Waals surface area contributed by atoms with Crippen LogP contribution in [0, 0.1) is 18.8 Å². The maximum Gasteiger partial charge on any atom is 0.338 e. The molecule has 7 nitrogen and oxygen atoms in total. The Morgan fingerprint density at radius 2 is 1.52 bits per heavy atom. The average molecular weight is 418 g/mol. The second-order valence-corrected chi connectivity index (χ2v) is 7.70. The molecule has 0 bridgehead atoms. The zero-order chi connectivity index (χ0) is 22.0. The number of imide groups is 1. The van der Waals surface area contributed by atoms with E-state index in [9.17, 15) is 19.2 Å². The highest BCUT2D eigenvalue weighted by molar-refractivity contribution is 6.22. The number of carbonyl (C=O) groups is 4. The van der Waals surface area contributed by atoms with Gasteiger partial charge in [0.05, 0.1) is 23.1 Å². The summed E-state index contributed by atoms with van der Waals surface area (Å²) in [6.07, 6.45) is 5.01. The molecule has 0 unspecified atom stereocenters. The van der Waals surface area contributed by atoms with Crippen LogP contribution in [0.2, 0.25) is 0 Å². The Balaban J connectivity index is 1.35. The van der Waals surface area contributed by atoms with Crippen molar-refractivity contribution >= 4 is 35.1 Å². The van der Waals surface area contributed by atoms with Crippen LogP contribution in [0.4, 0.5) is 11.4 Å². The van der Waals surface area contributed by atoms with E-state index >= 15 is 0 Å². The van der Waals surface area contributed by atoms with Gasteiger partial charge in [0.1, 0.15) is 0 Å². The first-order valence-electron chi connectivity index (χ1n) is 10.1. The molecule has 0 saturated carbocycles. The minimum Gasteiger partial charge on any atom is -0.452 e. The second kappa shape index (κ2) is 8.55. The molecule has 7 heteroatoms. The number of esters is 1. The van der Waals surface area contributed by atoms with Crippen LogP contribution in [0.1, 0.15) is 28.8 Å². The third-order valence-electron chi connectivity index (χ3n) is 5.54. The van der Waals surface area contributed by atoms with Gasteiger partial charge < -0.3 is 10.1 Å². The molecule has 158 valence electrons. The van der Waals surface area contributed by atoms with E-state index in [1.807, 2.05) is 31.2 Å². The maximum atomic E-state index is 12.7. The van der Waals surface area contributed by atoms with E-state index < -0.39 is 18.5 Å². The number of allylic oxidation sites excluding steroid dienone is 2. The number of amides is 3. The van der Waals surface area contributed by atoms with Crippen molar-refractivity contribution in [2.75, 3.05) is 16.8 Å². The summed E-state index contributed by atoms with van der Waals surface area (Å²) in [4.78, 5) is 50.7. The molecule has 1 fully saturated rings. The highest BCUT2D eigenvalue weighted by Gasteiger charge is 2.47. The number of benzene rings is 2. The predicted molar refractivity (Wildman–Crippen MR) is 114 cm³/mol. The number of nitrogens with one attached hydrogen (secondary N) is 1. The van der Waals surface area contributed by atoms with E-state index in [1.165, 1.54) is 17.0 Å². The molecule has 2 aliphatic rings. The summed E-state index contributed by atoms with van der Waals surface area (Å²) >= 11 is 0. The number of hydrogen-bond donors (Lipinski definition) is 1. The molecule has 4 rings (SSSR count). The third kappa shape index (κ3) is 4.26. The van der Waals surface area contributed by atoms with Crippen LogP contribution in [0.3, 0.4) is 0 Å². The first kappa shape index (κ1) is 20.5. The first-order chi connectivity index (χ1) is 14.9. The van der Waals surface area contributed by atoms with Crippen molar-refractivity contribution in [3.8, 4) is 0 Å². The predicted octanol–water partition coefficient (Wildman–Crippen LogP) is 3.25. The van der Waals surface area contributed by atoms with E-state index in [2.05, 4.69) is 5.32 Å². The van der Waals surface area contributed by atoms with Gasteiger partial charge in [-0.1, -0.05) is 29.8 Å². The lowest BCUT2D eigenvalue weighted by molar-refractivity contribution is -0.122. The van der Waals surface area contributed by atoms with E-state index in [1.54, 1.807) is 24.3 Å². The van der Waals surface area contributed by atoms with Crippen LogP contribution in [-0.2, 0) is 19.1 Å². The number of hydrogen-bond acceptors (Lipinski definition) is 5. The zero-order valence-electron chi connectivity index (χ0n) is 17.0. The van der Waals surface area contributed by atoms with Crippen LogP contribution < -0.4 is 10.2 Å². The van der Waals surface area contributed by atoms with Crippen molar-refractivity contribution in [1.82, 2.24) is 0 Å². The van der Waals surface area contributed by atoms with Gasteiger partial charge in [-0.2, -0.15) is 0 Å². The molecule has 2 atom stereocenters. The van der Waals surface area contributed by atoms with Crippen molar-refractivity contribution in [2.45, 2.75) is 19.8 Å². The topological polar surface area (TPSA) is 92.8 Å². The Morgan fingerprint density at radius 3 is 2.10 bits per heavy atom. The lowest BCUT2D eigenvalue weighted by Gasteiger charge is -2.15. The summed E-state index contributed by atoms with van der Waals surface area (Å²) in [6, 6.07) is 13.3. The fourth-order valence-corrected chi connectivity index (χ4v) is 3.85. The van der Waals surface area contributed by atoms with E-state index in [-0.39, 0.29) is 29.2 Å². The largest absolute Gasteiger partial charge is 0.452 e. The highest BCUT2D eigenvalue weighted by Crippen LogP contribution is 2.37. The van der Waals surface area contributed by atoms with Crippen molar-refractivity contribution in [2.24, 2.45) is 11.8 Å². The van der Waals surface area contributed by atoms with Crippen molar-refractivity contribution in [1.29, 1.82) is 0 Å². The molecule has 1 saturated heterocycles. The summed E-state index contributed by atoms with van der Waals surface area (Å²) in [6.45, 7) is 1.52. The SMILES string of the molecule is Cc1ccc(NC(=O)COC(=O)c2ccc(N3C(=O)[C@H]4CC=CC[C@H]4C3=O)cc2)cc1. The minimum atomic E-state index is -0.664. The van der Waals surface area contributed by atoms with Crippen LogP contribution in [-0.4, -0.2) is 30.3 Å². The summed E-state index contributed by atoms with van der Waals surface area (Å²) in [5, 5.41) is 2.65. The van der Waals surface area contributed by atoms with Gasteiger partial charge in [0.15, 0.2) is 6.61 Å². The highest BCUT2D eigenvalue weighted by atomic mass is 16.5. The first-order valence-corrected chi connectivity index (χ1v) is 10.1. The molecular formula is C24H22N2O5. The fourth-order valence-electron chi connectivity index (χ4n) is 3.85. The minimum absolute atomic E-state index is 0.206. The van der Waals surface area contributed by atoms with Gasteiger partial charge in [-0.05, 0) is 56.2 Å². The molecule has 1 aliphatic heterocycles. The van der Waals surface area contributed by atoms with E-state index in [4.69, 9.17) is 4.74 Å². The molecule has 0 radical (unpaired) electrons. The van der Waals surface area contributed by atoms with Gasteiger partial charge in [-0.3, -0.25) is 19.3 Å². The molecule has 1 aliphatic carbocycles. The molecule has 0 spiro atoms. The lowest BCUT2D eigenvalue weighted by atomic mass is 9.85. The van der Waals surface area contributed by atoms with Crippen LogP contribution in [0.5, 0.6) is 0 Å². The molecule has 1 heterocycles. The lowest BCUT2D eigenvalue weighted by Crippen LogP contribution is -2.30. The number of anilines is 2. The molecule has 31 heavy (non-hydrogen) atoms. The fraction of sp³-hybridized carbons (Fsp3) is 0.250. The van der Waals surface area contributed by atoms with Crippen molar-refractivity contribution in [3.63, 3.8) is 0 Å². The average Bonchev–Trinajstić information content (AvgIpc) is 3.04. The summed E-state index contributed by atoms with van der Waals surface area (Å²) in [7, 11) is 0. The van der Waals surface area contributed by atoms with Gasteiger partial charge in [0.25, 0.3) is 5.91 Å². The van der Waals surface area contributed by atoms with Crippen LogP contribution in [0.25, 0.3) is 0 Å². The van der Waals surface area contributed by atoms with E-state index in [0.29, 0.717) is 24.2 Å². The Kier molecular flexibility index (Phi) is 5.66. The number of ether oxygens (including phenoxy) is 1. The molecule has 0 aromatic heterocycles. The maximum absolute atomic E-state index is 12.7. The Hall–Kier alpha value is -3.74. The number of carbonyl (C=O) groups excluding carboxylic acids is 4. The smallest absolute Gasteiger partial charge is 0.338 e. The number of fused-ring (bicyclic) bond motifs is 1. The molecule has 2 aromatic carbocycles. The number of aryl methyl sites for hydroxylation is 1. The normalized spacial score (nSPS) is 19.8. The molecule has 1 N–H and O–H groups in total. The van der Waals surface area contributed by atoms with Gasteiger partial charge in [-0.15, -0.1) is 0 Å². The summed E-state index contributed by atoms with van der Waals surface area (Å²) in [5.41, 5.74) is 2.34. The Morgan fingerprint density at radius 1 is 0.935 bits per heavy atom. The van der Waals surface area contributed by atoms with Gasteiger partial charge >= 0.3 is 5.97 Å². The summed E-state index contributed by atoms with van der Waals surface area (Å²) in [5.74, 6) is -2.14. The van der Waals surface area contributed by atoms with E-state index in [0.717, 1.165) is 5.56 Å². The van der Waals surface area contributed by atoms with Crippen LogP contribution >= 0.6 is 0 Å². The van der Waals surface area contributed by atoms with Crippen molar-refractivity contribution < 1.29 is 23.9 Å². The second-order valence-electron chi connectivity index (χ2n) is 7.70. The Labute approximate surface area is 179 Å².